The van der Waals surface area contributed by atoms with Gasteiger partial charge in [-0.2, -0.15) is 0 Å². The molecule has 9 rings (SSSR count). The zero-order chi connectivity index (χ0) is 58.7. The van der Waals surface area contributed by atoms with E-state index in [4.69, 9.17) is 42.6 Å². The lowest BCUT2D eigenvalue weighted by Gasteiger charge is -2.71. The first kappa shape index (κ1) is 62.1. The van der Waals surface area contributed by atoms with E-state index in [1.807, 2.05) is 13.8 Å². The van der Waals surface area contributed by atoms with Crippen molar-refractivity contribution in [1.82, 2.24) is 0 Å². The fraction of sp³-hybridized carbons (Fsp3) is 0.909. The van der Waals surface area contributed by atoms with Crippen molar-refractivity contribution in [2.24, 2.45) is 44.8 Å². The predicted octanol–water partition coefficient (Wildman–Crippen LogP) is -1.97. The molecule has 4 heterocycles. The van der Waals surface area contributed by atoms with Gasteiger partial charge in [-0.25, -0.2) is 4.79 Å². The molecule has 4 aliphatic heterocycles. The Morgan fingerprint density at radius 2 is 1.10 bits per heavy atom. The third kappa shape index (κ3) is 10.1. The molecule has 0 aromatic carbocycles. The van der Waals surface area contributed by atoms with Crippen molar-refractivity contribution >= 4 is 17.7 Å². The van der Waals surface area contributed by atoms with E-state index in [1.54, 1.807) is 0 Å². The maximum Gasteiger partial charge on any atom is 0.335 e. The molecule has 0 radical (unpaired) electrons. The predicted molar refractivity (Wildman–Crippen MR) is 269 cm³/mol. The van der Waals surface area contributed by atoms with E-state index in [1.165, 1.54) is 6.92 Å². The van der Waals surface area contributed by atoms with Crippen LogP contribution in [0.4, 0.5) is 0 Å². The third-order valence-corrected chi connectivity index (χ3v) is 21.0. The minimum atomic E-state index is -2.23. The van der Waals surface area contributed by atoms with Crippen molar-refractivity contribution in [2.75, 3.05) is 19.8 Å². The van der Waals surface area contributed by atoms with Crippen molar-refractivity contribution in [3.05, 3.63) is 11.6 Å². The number of aliphatic carboxylic acids is 1. The van der Waals surface area contributed by atoms with Gasteiger partial charge in [0.1, 0.15) is 103 Å². The molecular weight excluding hydrogens is 1060 g/mol. The van der Waals surface area contributed by atoms with E-state index in [0.29, 0.717) is 51.4 Å². The highest BCUT2D eigenvalue weighted by Crippen LogP contribution is 2.75. The maximum atomic E-state index is 14.6. The van der Waals surface area contributed by atoms with Crippen LogP contribution in [0.25, 0.3) is 0 Å². The van der Waals surface area contributed by atoms with E-state index in [0.717, 1.165) is 12.0 Å². The van der Waals surface area contributed by atoms with Crippen molar-refractivity contribution in [2.45, 2.75) is 248 Å². The second kappa shape index (κ2) is 22.4. The van der Waals surface area contributed by atoms with Gasteiger partial charge in [-0.15, -0.1) is 0 Å². The summed E-state index contributed by atoms with van der Waals surface area (Å²) in [5, 5.41) is 140. The summed E-state index contributed by atoms with van der Waals surface area (Å²) < 4.78 is 54.6. The zero-order valence-electron chi connectivity index (χ0n) is 46.6. The highest BCUT2D eigenvalue weighted by atomic mass is 16.8. The first-order chi connectivity index (χ1) is 37.4. The van der Waals surface area contributed by atoms with Crippen LogP contribution in [0.2, 0.25) is 0 Å². The molecule has 25 heteroatoms. The molecule has 13 N–H and O–H groups in total. The van der Waals surface area contributed by atoms with Crippen molar-refractivity contribution in [3.8, 4) is 0 Å². The van der Waals surface area contributed by atoms with E-state index >= 15 is 0 Å². The number of allylic oxidation sites excluding steroid dienone is 1. The van der Waals surface area contributed by atoms with Gasteiger partial charge in [0.2, 0.25) is 0 Å². The number of carboxylic acids is 1. The second-order valence-corrected chi connectivity index (χ2v) is 26.5. The molecule has 0 aromatic rings. The van der Waals surface area contributed by atoms with Gasteiger partial charge in [-0.3, -0.25) is 9.59 Å². The van der Waals surface area contributed by atoms with E-state index < -0.39 is 188 Å². The van der Waals surface area contributed by atoms with E-state index in [9.17, 15) is 80.8 Å². The average Bonchev–Trinajstić information content (AvgIpc) is 3.40. The number of hydrogen-bond acceptors (Lipinski definition) is 24. The number of Topliss-reactive ketones (excluding diaryl/α,β-unsaturated/α-hetero) is 1. The van der Waals surface area contributed by atoms with Crippen LogP contribution in [-0.2, 0) is 57.0 Å². The molecule has 9 aliphatic rings. The molecule has 456 valence electrons. The number of carboxylic acid groups (broad SMARTS) is 1. The highest BCUT2D eigenvalue weighted by molar-refractivity contribution is 5.87. The topological polar surface area (TPSA) is 397 Å². The Kier molecular flexibility index (Phi) is 17.4. The largest absolute Gasteiger partial charge is 0.479 e. The Hall–Kier alpha value is -2.45. The summed E-state index contributed by atoms with van der Waals surface area (Å²) in [4.78, 5) is 41.1. The number of ether oxygens (including phenoxy) is 9. The third-order valence-electron chi connectivity index (χ3n) is 21.0. The number of aliphatic hydroxyl groups is 12. The summed E-state index contributed by atoms with van der Waals surface area (Å²) in [5.41, 5.74) is -2.45. The van der Waals surface area contributed by atoms with E-state index in [-0.39, 0.29) is 28.4 Å². The Morgan fingerprint density at radius 3 is 1.64 bits per heavy atom. The summed E-state index contributed by atoms with van der Waals surface area (Å²) in [7, 11) is 0. The van der Waals surface area contributed by atoms with Gasteiger partial charge < -0.3 is 109 Å². The standard InChI is InChI=1S/C55H86O25/c1-22(59)80-55-21-50(2,3)14-11-23(55)24(60)17-54(8)30(55)10-9-29-52(6)15-13-31(51(4,5)28(52)12-16-53(29,54)7)75-49-43(78-47-39(68)36(65)33(62)26(19-57)73-47)40(69)41(44(79-49)45(70)71)76-48-42(37(66)34(63)27(20-58)74-48)77-46-38(67)35(64)32(61)25(18-56)72-46/h10,23,25-29,31-44,46-49,56-58,61-69H,9,11-21H2,1-8H3,(H,70,71)/t23-,25-,26+,27+,28+,29-,31+,32-,33+,34+,35+,36+,37+,38+,39-,40+,41+,42-,43-,44+,46+,47+,48+,49+,52+,53-,54-,55+/m1/s1. The number of esters is 1. The number of aliphatic hydroxyl groups excluding tert-OH is 12. The normalized spacial score (nSPS) is 51.9. The molecule has 4 saturated heterocycles. The van der Waals surface area contributed by atoms with Gasteiger partial charge in [0, 0.05) is 18.8 Å². The Morgan fingerprint density at radius 1 is 0.588 bits per heavy atom. The monoisotopic (exact) mass is 1150 g/mol. The molecule has 80 heavy (non-hydrogen) atoms. The number of hydrogen-bond donors (Lipinski definition) is 13. The molecule has 4 saturated carbocycles. The molecule has 0 amide bonds. The van der Waals surface area contributed by atoms with Crippen molar-refractivity contribution in [3.63, 3.8) is 0 Å². The van der Waals surface area contributed by atoms with Gasteiger partial charge in [0.05, 0.1) is 31.8 Å². The van der Waals surface area contributed by atoms with Crippen LogP contribution in [0.5, 0.6) is 0 Å². The summed E-state index contributed by atoms with van der Waals surface area (Å²) >= 11 is 0. The van der Waals surface area contributed by atoms with Crippen LogP contribution in [0, 0.1) is 44.8 Å². The van der Waals surface area contributed by atoms with Crippen LogP contribution in [0.15, 0.2) is 11.6 Å². The summed E-state index contributed by atoms with van der Waals surface area (Å²) in [5.74, 6) is -2.55. The van der Waals surface area contributed by atoms with Crippen LogP contribution < -0.4 is 0 Å². The van der Waals surface area contributed by atoms with Crippen LogP contribution in [0.1, 0.15) is 113 Å². The fourth-order valence-corrected chi connectivity index (χ4v) is 16.7. The van der Waals surface area contributed by atoms with Crippen LogP contribution >= 0.6 is 0 Å². The minimum absolute atomic E-state index is 0.0305. The lowest BCUT2D eigenvalue weighted by atomic mass is 9.34. The first-order valence-corrected chi connectivity index (χ1v) is 28.2. The summed E-state index contributed by atoms with van der Waals surface area (Å²) in [6, 6.07) is 0. The molecule has 0 bridgehead atoms. The molecule has 8 fully saturated rings. The molecule has 28 atom stereocenters. The van der Waals surface area contributed by atoms with Gasteiger partial charge in [0.25, 0.3) is 0 Å². The van der Waals surface area contributed by atoms with Crippen molar-refractivity contribution < 1.29 is 123 Å². The van der Waals surface area contributed by atoms with Gasteiger partial charge in [-0.05, 0) is 90.4 Å². The number of carbonyl (C=O) groups is 3. The Balaban J connectivity index is 1.02. The maximum absolute atomic E-state index is 14.6. The lowest BCUT2D eigenvalue weighted by Crippen LogP contribution is -2.69. The van der Waals surface area contributed by atoms with Crippen molar-refractivity contribution in [1.29, 1.82) is 0 Å². The van der Waals surface area contributed by atoms with Crippen LogP contribution in [0.3, 0.4) is 0 Å². The Labute approximate surface area is 464 Å². The Bertz CT molecular complexity index is 2300. The second-order valence-electron chi connectivity index (χ2n) is 26.5. The molecule has 0 unspecified atom stereocenters. The zero-order valence-corrected chi connectivity index (χ0v) is 46.6. The highest BCUT2D eigenvalue weighted by Gasteiger charge is 2.72. The number of fused-ring (bicyclic) bond motifs is 7. The number of carbonyl (C=O) groups excluding carboxylic acids is 2. The minimum Gasteiger partial charge on any atom is -0.479 e. The lowest BCUT2D eigenvalue weighted by molar-refractivity contribution is -0.401. The average molecular weight is 1150 g/mol. The first-order valence-electron chi connectivity index (χ1n) is 28.2. The summed E-state index contributed by atoms with van der Waals surface area (Å²) in [6.45, 7) is 13.8. The fourth-order valence-electron chi connectivity index (χ4n) is 16.7. The quantitative estimate of drug-likeness (QED) is 0.0541. The molecule has 5 aliphatic carbocycles. The van der Waals surface area contributed by atoms with Crippen LogP contribution in [-0.4, -0.2) is 238 Å². The smallest absolute Gasteiger partial charge is 0.335 e. The molecule has 0 spiro atoms. The van der Waals surface area contributed by atoms with Gasteiger partial charge in [0.15, 0.2) is 31.3 Å². The van der Waals surface area contributed by atoms with Gasteiger partial charge in [-0.1, -0.05) is 54.5 Å². The van der Waals surface area contributed by atoms with Gasteiger partial charge >= 0.3 is 11.9 Å². The number of ketones is 1. The molecule has 0 aromatic heterocycles. The molecule has 25 nitrogen and oxygen atoms in total. The molecular formula is C55H86O25. The number of rotatable bonds is 13. The summed E-state index contributed by atoms with van der Waals surface area (Å²) in [6.07, 6.45) is -32.2. The van der Waals surface area contributed by atoms with E-state index in [2.05, 4.69) is 40.7 Å². The SMILES string of the molecule is CC(=O)O[C@@]12CC(C)(C)CC[C@@H]1C(=O)C[C@]1(C)C2=CC[C@@H]2[C@@]3(C)CC[C@H](O[C@H]4O[C@H](C(=O)O)[C@@H](O[C@@H]5O[C@@H](CO)[C@H](O)[C@H](O)[C@H]5O[C@@H]5O[C@H](CO)[C@@H](O)[C@H](O)[C@@H]5O)[C@H](O)[C@H]4O[C@@H]4O[C@@H](CO)[C@H](O)[C@H](O)[C@H]4O)C(C)(C)[C@@H]3CC[C@]21C.